The van der Waals surface area contributed by atoms with Crippen molar-refractivity contribution in [2.45, 2.75) is 27.2 Å². The normalized spacial score (nSPS) is 27.3. The van der Waals surface area contributed by atoms with Crippen molar-refractivity contribution in [3.63, 3.8) is 0 Å². The standard InChI is InChI=1S/C14H23N/c1-5-13(7-6-11(2)3)14-8-9-15-10-12(14)4/h5-7,12,14-15H,1,8-10H2,2-4H3/b13-7+. The van der Waals surface area contributed by atoms with Crippen molar-refractivity contribution in [3.05, 3.63) is 36.0 Å². The van der Waals surface area contributed by atoms with Gasteiger partial charge in [-0.1, -0.05) is 37.3 Å². The van der Waals surface area contributed by atoms with E-state index < -0.39 is 0 Å². The van der Waals surface area contributed by atoms with E-state index in [1.165, 1.54) is 17.6 Å². The zero-order valence-corrected chi connectivity index (χ0v) is 10.2. The van der Waals surface area contributed by atoms with E-state index >= 15 is 0 Å². The molecule has 2 unspecified atom stereocenters. The van der Waals surface area contributed by atoms with Gasteiger partial charge >= 0.3 is 0 Å². The molecule has 1 fully saturated rings. The average Bonchev–Trinajstić information content (AvgIpc) is 2.21. The summed E-state index contributed by atoms with van der Waals surface area (Å²) in [4.78, 5) is 0. The maximum Gasteiger partial charge on any atom is -0.00173 e. The quantitative estimate of drug-likeness (QED) is 0.697. The summed E-state index contributed by atoms with van der Waals surface area (Å²) in [6.07, 6.45) is 7.67. The lowest BCUT2D eigenvalue weighted by Gasteiger charge is -2.30. The van der Waals surface area contributed by atoms with Crippen LogP contribution in [0.15, 0.2) is 36.0 Å². The van der Waals surface area contributed by atoms with Gasteiger partial charge in [0.2, 0.25) is 0 Å². The Morgan fingerprint density at radius 3 is 2.60 bits per heavy atom. The van der Waals surface area contributed by atoms with E-state index in [2.05, 4.69) is 44.8 Å². The second-order valence-electron chi connectivity index (χ2n) is 4.69. The fraction of sp³-hybridized carbons (Fsp3) is 0.571. The van der Waals surface area contributed by atoms with Gasteiger partial charge in [-0.25, -0.2) is 0 Å². The molecule has 1 N–H and O–H groups in total. The van der Waals surface area contributed by atoms with Crippen LogP contribution in [0.2, 0.25) is 0 Å². The minimum absolute atomic E-state index is 0.680. The van der Waals surface area contributed by atoms with Crippen molar-refractivity contribution in [2.24, 2.45) is 11.8 Å². The lowest BCUT2D eigenvalue weighted by molar-refractivity contribution is 0.316. The van der Waals surface area contributed by atoms with E-state index in [4.69, 9.17) is 0 Å². The molecule has 1 aliphatic rings. The van der Waals surface area contributed by atoms with Crippen LogP contribution >= 0.6 is 0 Å². The van der Waals surface area contributed by atoms with E-state index in [9.17, 15) is 0 Å². The summed E-state index contributed by atoms with van der Waals surface area (Å²) in [5, 5.41) is 3.43. The van der Waals surface area contributed by atoms with Crippen molar-refractivity contribution >= 4 is 0 Å². The monoisotopic (exact) mass is 205 g/mol. The second kappa shape index (κ2) is 5.92. The summed E-state index contributed by atoms with van der Waals surface area (Å²) in [7, 11) is 0. The summed E-state index contributed by atoms with van der Waals surface area (Å²) in [5.41, 5.74) is 2.74. The van der Waals surface area contributed by atoms with Crippen molar-refractivity contribution in [1.82, 2.24) is 5.32 Å². The molecule has 0 aliphatic carbocycles. The third-order valence-corrected chi connectivity index (χ3v) is 3.06. The number of piperidine rings is 1. The van der Waals surface area contributed by atoms with Crippen molar-refractivity contribution in [2.75, 3.05) is 13.1 Å². The molecule has 1 rings (SSSR count). The topological polar surface area (TPSA) is 12.0 Å². The predicted octanol–water partition coefficient (Wildman–Crippen LogP) is 3.31. The van der Waals surface area contributed by atoms with E-state index in [1.807, 2.05) is 6.08 Å². The Morgan fingerprint density at radius 2 is 2.07 bits per heavy atom. The molecule has 84 valence electrons. The molecule has 1 heterocycles. The zero-order valence-electron chi connectivity index (χ0n) is 10.2. The van der Waals surface area contributed by atoms with Crippen LogP contribution < -0.4 is 5.32 Å². The summed E-state index contributed by atoms with van der Waals surface area (Å²) in [5.74, 6) is 1.40. The first-order valence-electron chi connectivity index (χ1n) is 5.83. The molecule has 0 aromatic carbocycles. The van der Waals surface area contributed by atoms with Crippen LogP contribution in [0.1, 0.15) is 27.2 Å². The van der Waals surface area contributed by atoms with Gasteiger partial charge in [0.15, 0.2) is 0 Å². The van der Waals surface area contributed by atoms with E-state index in [-0.39, 0.29) is 0 Å². The molecular weight excluding hydrogens is 182 g/mol. The molecule has 0 aromatic heterocycles. The largest absolute Gasteiger partial charge is 0.316 e. The predicted molar refractivity (Wildman–Crippen MR) is 67.9 cm³/mol. The lowest BCUT2D eigenvalue weighted by Crippen LogP contribution is -2.35. The first kappa shape index (κ1) is 12.3. The second-order valence-corrected chi connectivity index (χ2v) is 4.69. The maximum atomic E-state index is 3.93. The molecule has 2 atom stereocenters. The van der Waals surface area contributed by atoms with Crippen LogP contribution in [0, 0.1) is 11.8 Å². The maximum absolute atomic E-state index is 3.93. The van der Waals surface area contributed by atoms with Gasteiger partial charge in [-0.05, 0) is 50.8 Å². The average molecular weight is 205 g/mol. The highest BCUT2D eigenvalue weighted by Gasteiger charge is 2.22. The van der Waals surface area contributed by atoms with Gasteiger partial charge in [0.05, 0.1) is 0 Å². The molecule has 0 amide bonds. The number of rotatable bonds is 3. The molecule has 0 saturated carbocycles. The van der Waals surface area contributed by atoms with Gasteiger partial charge in [-0.15, -0.1) is 0 Å². The van der Waals surface area contributed by atoms with Crippen LogP contribution in [0.5, 0.6) is 0 Å². The number of allylic oxidation sites excluding steroid dienone is 5. The third kappa shape index (κ3) is 3.67. The minimum atomic E-state index is 0.680. The number of hydrogen-bond acceptors (Lipinski definition) is 1. The Bertz CT molecular complexity index is 269. The highest BCUT2D eigenvalue weighted by molar-refractivity contribution is 5.27. The third-order valence-electron chi connectivity index (χ3n) is 3.06. The van der Waals surface area contributed by atoms with Gasteiger partial charge in [0.25, 0.3) is 0 Å². The smallest absolute Gasteiger partial charge is 0.00173 e. The van der Waals surface area contributed by atoms with Crippen LogP contribution in [0.4, 0.5) is 0 Å². The van der Waals surface area contributed by atoms with Crippen molar-refractivity contribution in [1.29, 1.82) is 0 Å². The van der Waals surface area contributed by atoms with Crippen molar-refractivity contribution in [3.8, 4) is 0 Å². The Hall–Kier alpha value is -0.820. The molecule has 0 spiro atoms. The van der Waals surface area contributed by atoms with Crippen molar-refractivity contribution < 1.29 is 0 Å². The molecular formula is C14H23N. The first-order valence-corrected chi connectivity index (χ1v) is 5.83. The summed E-state index contributed by atoms with van der Waals surface area (Å²) >= 11 is 0. The van der Waals surface area contributed by atoms with E-state index in [0.29, 0.717) is 11.8 Å². The summed E-state index contributed by atoms with van der Waals surface area (Å²) in [6.45, 7) is 12.8. The van der Waals surface area contributed by atoms with Gasteiger partial charge in [0.1, 0.15) is 0 Å². The first-order chi connectivity index (χ1) is 7.15. The molecule has 1 saturated heterocycles. The summed E-state index contributed by atoms with van der Waals surface area (Å²) in [6, 6.07) is 0. The number of nitrogens with one attached hydrogen (secondary N) is 1. The minimum Gasteiger partial charge on any atom is -0.316 e. The Kier molecular flexibility index (Phi) is 4.83. The fourth-order valence-corrected chi connectivity index (χ4v) is 2.12. The van der Waals surface area contributed by atoms with Crippen LogP contribution in [0.25, 0.3) is 0 Å². The van der Waals surface area contributed by atoms with E-state index in [0.717, 1.165) is 13.1 Å². The Balaban J connectivity index is 2.76. The molecule has 15 heavy (non-hydrogen) atoms. The fourth-order valence-electron chi connectivity index (χ4n) is 2.12. The highest BCUT2D eigenvalue weighted by atomic mass is 14.9. The van der Waals surface area contributed by atoms with Crippen LogP contribution in [0.3, 0.4) is 0 Å². The van der Waals surface area contributed by atoms with Gasteiger partial charge in [-0.2, -0.15) is 0 Å². The molecule has 0 aromatic rings. The van der Waals surface area contributed by atoms with E-state index in [1.54, 1.807) is 0 Å². The van der Waals surface area contributed by atoms with Gasteiger partial charge in [0, 0.05) is 0 Å². The molecule has 1 nitrogen and oxygen atoms in total. The summed E-state index contributed by atoms with van der Waals surface area (Å²) < 4.78 is 0. The lowest BCUT2D eigenvalue weighted by atomic mass is 9.81. The Morgan fingerprint density at radius 1 is 1.33 bits per heavy atom. The Labute approximate surface area is 94.0 Å². The van der Waals surface area contributed by atoms with Crippen LogP contribution in [-0.2, 0) is 0 Å². The van der Waals surface area contributed by atoms with Gasteiger partial charge < -0.3 is 5.32 Å². The SMILES string of the molecule is C=C/C(=C\C=C(C)C)C1CCNCC1C. The number of hydrogen-bond donors (Lipinski definition) is 1. The molecule has 1 heteroatoms. The zero-order chi connectivity index (χ0) is 11.3. The highest BCUT2D eigenvalue weighted by Crippen LogP contribution is 2.27. The molecule has 0 bridgehead atoms. The van der Waals surface area contributed by atoms with Crippen LogP contribution in [-0.4, -0.2) is 13.1 Å². The molecule has 0 radical (unpaired) electrons. The molecule has 1 aliphatic heterocycles. The van der Waals surface area contributed by atoms with Gasteiger partial charge in [-0.3, -0.25) is 0 Å².